The summed E-state index contributed by atoms with van der Waals surface area (Å²) in [5.74, 6) is -1.66. The van der Waals surface area contributed by atoms with Crippen molar-refractivity contribution in [1.82, 2.24) is 9.55 Å². The summed E-state index contributed by atoms with van der Waals surface area (Å²) >= 11 is 18.8. The van der Waals surface area contributed by atoms with Gasteiger partial charge in [0.25, 0.3) is 23.3 Å². The molecule has 2 heterocycles. The average Bonchev–Trinajstić information content (AvgIpc) is 3.11. The van der Waals surface area contributed by atoms with E-state index in [9.17, 15) is 19.2 Å². The molecule has 0 saturated carbocycles. The number of aromatic amines is 1. The Morgan fingerprint density at radius 2 is 1.31 bits per heavy atom. The normalized spacial score (nSPS) is 13.0. The number of amides is 2. The van der Waals surface area contributed by atoms with Gasteiger partial charge in [-0.3, -0.25) is 19.2 Å². The number of nitrogens with one attached hydrogen (secondary N) is 1. The van der Waals surface area contributed by atoms with Crippen molar-refractivity contribution < 1.29 is 14.4 Å². The molecule has 5 rings (SSSR count). The van der Waals surface area contributed by atoms with Gasteiger partial charge < -0.3 is 4.98 Å². The van der Waals surface area contributed by atoms with Gasteiger partial charge in [0.1, 0.15) is 0 Å². The topological polar surface area (TPSA) is 92.2 Å². The van der Waals surface area contributed by atoms with E-state index in [-0.39, 0.29) is 27.1 Å². The average molecular weight is 743 g/mol. The summed E-state index contributed by atoms with van der Waals surface area (Å²) in [6.07, 6.45) is 0. The van der Waals surface area contributed by atoms with E-state index < -0.39 is 23.3 Å². The lowest BCUT2D eigenvalue weighted by atomic mass is 10.1. The Morgan fingerprint density at radius 3 is 1.89 bits per heavy atom. The van der Waals surface area contributed by atoms with E-state index in [1.54, 1.807) is 24.3 Å². The van der Waals surface area contributed by atoms with Gasteiger partial charge in [-0.15, -0.1) is 0 Å². The van der Waals surface area contributed by atoms with Crippen LogP contribution in [0, 0.1) is 4.77 Å². The number of para-hydroxylation sites is 1. The molecule has 4 aromatic rings. The molecule has 1 N–H and O–H groups in total. The van der Waals surface area contributed by atoms with Crippen LogP contribution < -0.4 is 10.5 Å². The first kappa shape index (κ1) is 24.4. The van der Waals surface area contributed by atoms with Gasteiger partial charge in [0, 0.05) is 23.5 Å². The molecular formula is C23H9Br4N3O4S. The van der Waals surface area contributed by atoms with Crippen molar-refractivity contribution in [2.75, 3.05) is 4.90 Å². The molecule has 1 aliphatic rings. The number of benzene rings is 3. The summed E-state index contributed by atoms with van der Waals surface area (Å²) in [7, 11) is 0. The van der Waals surface area contributed by atoms with Crippen LogP contribution in [0.5, 0.6) is 0 Å². The van der Waals surface area contributed by atoms with Gasteiger partial charge in [0.15, 0.2) is 4.77 Å². The molecule has 174 valence electrons. The highest BCUT2D eigenvalue weighted by atomic mass is 79.9. The number of carbonyl (C=O) groups excluding carboxylic acids is 3. The number of aromatic nitrogens is 2. The molecule has 7 nitrogen and oxygen atoms in total. The Labute approximate surface area is 235 Å². The Balaban J connectivity index is 1.54. The minimum Gasteiger partial charge on any atom is -0.331 e. The highest BCUT2D eigenvalue weighted by molar-refractivity contribution is 9.15. The molecule has 12 heteroatoms. The van der Waals surface area contributed by atoms with Crippen LogP contribution in [0.2, 0.25) is 0 Å². The quantitative estimate of drug-likeness (QED) is 0.108. The molecule has 0 atom stereocenters. The lowest BCUT2D eigenvalue weighted by molar-refractivity contribution is 0.0923. The highest BCUT2D eigenvalue weighted by Crippen LogP contribution is 2.46. The van der Waals surface area contributed by atoms with Crippen molar-refractivity contribution in [1.29, 1.82) is 0 Å². The molecule has 0 fully saturated rings. The zero-order valence-corrected chi connectivity index (χ0v) is 24.2. The second kappa shape index (κ2) is 9.00. The predicted molar refractivity (Wildman–Crippen MR) is 148 cm³/mol. The maximum Gasteiger partial charge on any atom is 0.269 e. The van der Waals surface area contributed by atoms with Gasteiger partial charge in [0.05, 0.1) is 27.7 Å². The molecule has 1 aliphatic heterocycles. The second-order valence-electron chi connectivity index (χ2n) is 7.42. The van der Waals surface area contributed by atoms with E-state index in [0.717, 1.165) is 9.47 Å². The summed E-state index contributed by atoms with van der Waals surface area (Å²) < 4.78 is 2.92. The maximum absolute atomic E-state index is 13.2. The molecule has 1 aromatic heterocycles. The van der Waals surface area contributed by atoms with Crippen LogP contribution in [-0.2, 0) is 0 Å². The second-order valence-corrected chi connectivity index (χ2v) is 11.0. The minimum absolute atomic E-state index is 0.0334. The fourth-order valence-electron chi connectivity index (χ4n) is 3.81. The molecule has 0 radical (unpaired) electrons. The standard InChI is InChI=1S/C23H9Br4N3O4S/c24-15-13-14(16(25)18(27)17(15)26)22(34)29(21(13)33)10-7-5-9(6-8-10)19(31)30-20(32)11-3-1-2-4-12(11)28-23(30)35/h1-8H,(H,28,35). The van der Waals surface area contributed by atoms with Crippen molar-refractivity contribution >= 4 is 110 Å². The summed E-state index contributed by atoms with van der Waals surface area (Å²) in [5.41, 5.74) is 0.856. The van der Waals surface area contributed by atoms with Crippen LogP contribution in [-0.4, -0.2) is 27.3 Å². The van der Waals surface area contributed by atoms with E-state index in [0.29, 0.717) is 28.8 Å². The summed E-state index contributed by atoms with van der Waals surface area (Å²) in [5, 5.41) is 0.325. The maximum atomic E-state index is 13.2. The van der Waals surface area contributed by atoms with Crippen molar-refractivity contribution in [3.05, 3.63) is 98.2 Å². The van der Waals surface area contributed by atoms with E-state index >= 15 is 0 Å². The van der Waals surface area contributed by atoms with E-state index in [1.165, 1.54) is 24.3 Å². The largest absolute Gasteiger partial charge is 0.331 e. The molecule has 3 aromatic carbocycles. The molecule has 0 spiro atoms. The lowest BCUT2D eigenvalue weighted by Gasteiger charge is -2.14. The molecule has 0 saturated heterocycles. The highest BCUT2D eigenvalue weighted by Gasteiger charge is 2.41. The zero-order valence-electron chi connectivity index (χ0n) is 17.1. The molecule has 35 heavy (non-hydrogen) atoms. The Morgan fingerprint density at radius 1 is 0.771 bits per heavy atom. The number of rotatable bonds is 2. The third-order valence-corrected chi connectivity index (χ3v) is 10.5. The van der Waals surface area contributed by atoms with Crippen LogP contribution >= 0.6 is 75.9 Å². The number of fused-ring (bicyclic) bond motifs is 2. The SMILES string of the molecule is O=C1c2c(Br)c(Br)c(Br)c(Br)c2C(=O)N1c1ccc(C(=O)n2c(=S)[nH]c3ccccc3c2=O)cc1. The van der Waals surface area contributed by atoms with Crippen LogP contribution in [0.4, 0.5) is 5.69 Å². The monoisotopic (exact) mass is 739 g/mol. The van der Waals surface area contributed by atoms with Crippen LogP contribution in [0.1, 0.15) is 31.1 Å². The van der Waals surface area contributed by atoms with Crippen molar-refractivity contribution in [2.24, 2.45) is 0 Å². The van der Waals surface area contributed by atoms with Crippen molar-refractivity contribution in [3.63, 3.8) is 0 Å². The summed E-state index contributed by atoms with van der Waals surface area (Å²) in [6, 6.07) is 12.6. The van der Waals surface area contributed by atoms with Gasteiger partial charge in [-0.05, 0) is 112 Å². The third-order valence-electron chi connectivity index (χ3n) is 5.48. The zero-order chi connectivity index (χ0) is 25.2. The van der Waals surface area contributed by atoms with E-state index in [2.05, 4.69) is 68.7 Å². The summed E-state index contributed by atoms with van der Waals surface area (Å²) in [6.45, 7) is 0. The van der Waals surface area contributed by atoms with Crippen LogP contribution in [0.3, 0.4) is 0 Å². The molecule has 0 unspecified atom stereocenters. The minimum atomic E-state index is -0.630. The van der Waals surface area contributed by atoms with Crippen LogP contribution in [0.15, 0.2) is 71.2 Å². The third kappa shape index (κ3) is 3.73. The first-order valence-corrected chi connectivity index (χ1v) is 13.3. The van der Waals surface area contributed by atoms with Crippen molar-refractivity contribution in [2.45, 2.75) is 0 Å². The van der Waals surface area contributed by atoms with Gasteiger partial charge in [-0.2, -0.15) is 0 Å². The summed E-state index contributed by atoms with van der Waals surface area (Å²) in [4.78, 5) is 56.3. The number of imide groups is 1. The lowest BCUT2D eigenvalue weighted by Crippen LogP contribution is -2.30. The van der Waals surface area contributed by atoms with Crippen LogP contribution in [0.25, 0.3) is 10.9 Å². The number of hydrogen-bond donors (Lipinski definition) is 1. The Hall–Kier alpha value is -2.25. The molecule has 2 amide bonds. The number of carbonyl (C=O) groups is 3. The first-order valence-electron chi connectivity index (χ1n) is 9.77. The number of halogens is 4. The molecule has 0 aliphatic carbocycles. The molecule has 0 bridgehead atoms. The van der Waals surface area contributed by atoms with E-state index in [4.69, 9.17) is 12.2 Å². The fraction of sp³-hybridized carbons (Fsp3) is 0. The Kier molecular flexibility index (Phi) is 6.29. The van der Waals surface area contributed by atoms with Gasteiger partial charge >= 0.3 is 0 Å². The Bertz CT molecular complexity index is 1700. The van der Waals surface area contributed by atoms with Gasteiger partial charge in [0.2, 0.25) is 0 Å². The molecular weight excluding hydrogens is 734 g/mol. The smallest absolute Gasteiger partial charge is 0.269 e. The number of nitrogens with zero attached hydrogens (tertiary/aromatic N) is 2. The predicted octanol–water partition coefficient (Wildman–Crippen LogP) is 6.60. The van der Waals surface area contributed by atoms with Gasteiger partial charge in [-0.25, -0.2) is 9.47 Å². The number of anilines is 1. The number of H-pyrrole nitrogens is 1. The number of hydrogen-bond acceptors (Lipinski definition) is 5. The fourth-order valence-corrected chi connectivity index (χ4v) is 6.55. The van der Waals surface area contributed by atoms with E-state index in [1.807, 2.05) is 0 Å². The van der Waals surface area contributed by atoms with Gasteiger partial charge in [-0.1, -0.05) is 12.1 Å². The first-order chi connectivity index (χ1) is 16.6. The van der Waals surface area contributed by atoms with Crippen molar-refractivity contribution in [3.8, 4) is 0 Å².